The van der Waals surface area contributed by atoms with Crippen LogP contribution in [0.25, 0.3) is 5.69 Å². The van der Waals surface area contributed by atoms with Crippen molar-refractivity contribution in [2.24, 2.45) is 0 Å². The van der Waals surface area contributed by atoms with Gasteiger partial charge in [0, 0.05) is 24.7 Å². The number of para-hydroxylation sites is 1. The second kappa shape index (κ2) is 7.45. The van der Waals surface area contributed by atoms with Crippen LogP contribution in [0.5, 0.6) is 0 Å². The first-order valence-corrected chi connectivity index (χ1v) is 9.12. The Morgan fingerprint density at radius 3 is 2.91 bits per heavy atom. The van der Waals surface area contributed by atoms with Gasteiger partial charge in [-0.1, -0.05) is 43.3 Å². The molecule has 0 radical (unpaired) electrons. The maximum absolute atomic E-state index is 4.14. The van der Waals surface area contributed by atoms with Gasteiger partial charge in [0.25, 0.3) is 0 Å². The minimum Gasteiger partial charge on any atom is -0.236 e. The summed E-state index contributed by atoms with van der Waals surface area (Å²) in [6.07, 6.45) is 2.47. The highest BCUT2D eigenvalue weighted by atomic mass is 32.2. The lowest BCUT2D eigenvalue weighted by Gasteiger charge is -2.14. The van der Waals surface area contributed by atoms with Crippen molar-refractivity contribution in [3.05, 3.63) is 30.3 Å². The molecule has 1 atom stereocenters. The molecule has 1 aliphatic heterocycles. The molecule has 1 aliphatic rings. The molecule has 22 heavy (non-hydrogen) atoms. The molecule has 0 saturated carbocycles. The van der Waals surface area contributed by atoms with Gasteiger partial charge in [-0.2, -0.15) is 4.68 Å². The number of rotatable bonds is 6. The first-order valence-electron chi connectivity index (χ1n) is 7.40. The van der Waals surface area contributed by atoms with Crippen LogP contribution in [0.1, 0.15) is 19.8 Å². The molecule has 0 bridgehead atoms. The van der Waals surface area contributed by atoms with Gasteiger partial charge in [0.2, 0.25) is 5.16 Å². The molecule has 0 amide bonds. The Kier molecular flexibility index (Phi) is 5.35. The van der Waals surface area contributed by atoms with Gasteiger partial charge in [-0.3, -0.25) is 0 Å². The van der Waals surface area contributed by atoms with Gasteiger partial charge in [0.05, 0.1) is 11.6 Å². The third-order valence-corrected chi connectivity index (χ3v) is 5.76. The Morgan fingerprint density at radius 2 is 2.14 bits per heavy atom. The van der Waals surface area contributed by atoms with E-state index < -0.39 is 0 Å². The van der Waals surface area contributed by atoms with Gasteiger partial charge in [-0.25, -0.2) is 8.61 Å². The molecule has 1 unspecified atom stereocenters. The number of hydrogen-bond donors (Lipinski definition) is 0. The van der Waals surface area contributed by atoms with E-state index >= 15 is 0 Å². The van der Waals surface area contributed by atoms with Gasteiger partial charge in [-0.05, 0) is 36.0 Å². The van der Waals surface area contributed by atoms with Crippen molar-refractivity contribution in [1.82, 2.24) is 28.8 Å². The smallest absolute Gasteiger partial charge is 0.215 e. The molecular weight excluding hydrogens is 316 g/mol. The van der Waals surface area contributed by atoms with Crippen molar-refractivity contribution in [1.29, 1.82) is 0 Å². The second-order valence-corrected chi connectivity index (χ2v) is 7.38. The molecule has 6 nitrogen and oxygen atoms in total. The summed E-state index contributed by atoms with van der Waals surface area (Å²) in [6, 6.07) is 10.6. The van der Waals surface area contributed by atoms with E-state index in [1.807, 2.05) is 30.3 Å². The second-order valence-electron chi connectivity index (χ2n) is 5.22. The van der Waals surface area contributed by atoms with Crippen LogP contribution in [0.3, 0.4) is 0 Å². The van der Waals surface area contributed by atoms with Crippen LogP contribution in [0.4, 0.5) is 0 Å². The summed E-state index contributed by atoms with van der Waals surface area (Å²) in [5.41, 5.74) is 0.991. The van der Waals surface area contributed by atoms with Crippen LogP contribution in [0.2, 0.25) is 0 Å². The van der Waals surface area contributed by atoms with Crippen LogP contribution >= 0.6 is 23.9 Å². The van der Waals surface area contributed by atoms with Gasteiger partial charge >= 0.3 is 0 Å². The SMILES string of the molecule is CCCC1CN(CSc2nnnn2-c2ccccc2)SN1C. The lowest BCUT2D eigenvalue weighted by Crippen LogP contribution is -2.24. The summed E-state index contributed by atoms with van der Waals surface area (Å²) in [5, 5.41) is 12.9. The number of tetrazole rings is 1. The molecule has 1 aromatic heterocycles. The summed E-state index contributed by atoms with van der Waals surface area (Å²) in [7, 11) is 2.17. The molecule has 2 aromatic rings. The highest BCUT2D eigenvalue weighted by Gasteiger charge is 2.28. The van der Waals surface area contributed by atoms with E-state index in [1.54, 1.807) is 28.6 Å². The van der Waals surface area contributed by atoms with E-state index in [9.17, 15) is 0 Å². The topological polar surface area (TPSA) is 50.1 Å². The van der Waals surface area contributed by atoms with Crippen LogP contribution in [0, 0.1) is 0 Å². The standard InChI is InChI=1S/C14H20N6S2/c1-3-7-13-10-19(22-18(13)2)11-21-14-15-16-17-20(14)12-8-5-4-6-9-12/h4-6,8-9,13H,3,7,10-11H2,1-2H3. The Morgan fingerprint density at radius 1 is 1.32 bits per heavy atom. The van der Waals surface area contributed by atoms with Crippen LogP contribution < -0.4 is 0 Å². The molecule has 0 aliphatic carbocycles. The maximum atomic E-state index is 4.14. The lowest BCUT2D eigenvalue weighted by atomic mass is 10.2. The minimum absolute atomic E-state index is 0.640. The summed E-state index contributed by atoms with van der Waals surface area (Å²) in [6.45, 7) is 3.33. The van der Waals surface area contributed by atoms with Gasteiger partial charge < -0.3 is 0 Å². The Bertz CT molecular complexity index is 590. The van der Waals surface area contributed by atoms with E-state index in [1.165, 1.54) is 12.8 Å². The zero-order valence-electron chi connectivity index (χ0n) is 12.8. The Labute approximate surface area is 139 Å². The Balaban J connectivity index is 1.60. The normalized spacial score (nSPS) is 19.8. The number of hydrogen-bond acceptors (Lipinski definition) is 7. The van der Waals surface area contributed by atoms with Gasteiger partial charge in [0.15, 0.2) is 0 Å². The van der Waals surface area contributed by atoms with E-state index in [4.69, 9.17) is 0 Å². The average Bonchev–Trinajstić information content (AvgIpc) is 3.14. The fraction of sp³-hybridized carbons (Fsp3) is 0.500. The number of likely N-dealkylation sites (N-methyl/N-ethyl adjacent to an activating group) is 1. The maximum Gasteiger partial charge on any atom is 0.215 e. The van der Waals surface area contributed by atoms with E-state index in [-0.39, 0.29) is 0 Å². The molecule has 2 heterocycles. The minimum atomic E-state index is 0.640. The molecule has 0 spiro atoms. The fourth-order valence-electron chi connectivity index (χ4n) is 2.44. The van der Waals surface area contributed by atoms with Crippen LogP contribution in [-0.2, 0) is 0 Å². The first-order chi connectivity index (χ1) is 10.8. The number of aromatic nitrogens is 4. The zero-order valence-corrected chi connectivity index (χ0v) is 14.4. The summed E-state index contributed by atoms with van der Waals surface area (Å²) >= 11 is 3.48. The summed E-state index contributed by atoms with van der Waals surface area (Å²) in [4.78, 5) is 0. The van der Waals surface area contributed by atoms with Crippen molar-refractivity contribution in [3.8, 4) is 5.69 Å². The number of thioether (sulfide) groups is 1. The molecule has 1 aromatic carbocycles. The number of nitrogens with zero attached hydrogens (tertiary/aromatic N) is 6. The molecule has 1 fully saturated rings. The van der Waals surface area contributed by atoms with Gasteiger partial charge in [-0.15, -0.1) is 5.10 Å². The lowest BCUT2D eigenvalue weighted by molar-refractivity contribution is 0.379. The quantitative estimate of drug-likeness (QED) is 0.594. The van der Waals surface area contributed by atoms with Crippen molar-refractivity contribution in [2.45, 2.75) is 31.0 Å². The van der Waals surface area contributed by atoms with E-state index in [0.717, 1.165) is 23.3 Å². The van der Waals surface area contributed by atoms with E-state index in [0.29, 0.717) is 6.04 Å². The molecule has 0 N–H and O–H groups in total. The molecular formula is C14H20N6S2. The predicted molar refractivity (Wildman–Crippen MR) is 90.6 cm³/mol. The fourth-order valence-corrected chi connectivity index (χ4v) is 4.42. The number of benzene rings is 1. The average molecular weight is 336 g/mol. The highest BCUT2D eigenvalue weighted by Crippen LogP contribution is 2.31. The summed E-state index contributed by atoms with van der Waals surface area (Å²) < 4.78 is 6.51. The van der Waals surface area contributed by atoms with Crippen LogP contribution in [0.15, 0.2) is 35.5 Å². The van der Waals surface area contributed by atoms with Crippen molar-refractivity contribution < 1.29 is 0 Å². The van der Waals surface area contributed by atoms with E-state index in [2.05, 4.69) is 38.1 Å². The monoisotopic (exact) mass is 336 g/mol. The highest BCUT2D eigenvalue weighted by molar-refractivity contribution is 8.00. The third-order valence-electron chi connectivity index (χ3n) is 3.57. The first kappa shape index (κ1) is 15.8. The zero-order chi connectivity index (χ0) is 15.4. The largest absolute Gasteiger partial charge is 0.236 e. The molecule has 1 saturated heterocycles. The summed E-state index contributed by atoms with van der Waals surface area (Å²) in [5.74, 6) is 0.877. The Hall–Kier alpha value is -1.09. The molecule has 3 rings (SSSR count). The van der Waals surface area contributed by atoms with Crippen LogP contribution in [-0.4, -0.2) is 54.3 Å². The van der Waals surface area contributed by atoms with Crippen molar-refractivity contribution in [3.63, 3.8) is 0 Å². The molecule has 8 heteroatoms. The van der Waals surface area contributed by atoms with Gasteiger partial charge in [0.1, 0.15) is 0 Å². The van der Waals surface area contributed by atoms with Crippen molar-refractivity contribution >= 4 is 23.9 Å². The van der Waals surface area contributed by atoms with Crippen molar-refractivity contribution in [2.75, 3.05) is 19.5 Å². The predicted octanol–water partition coefficient (Wildman–Crippen LogP) is 2.69. The molecule has 118 valence electrons. The third kappa shape index (κ3) is 3.62.